The maximum Gasteiger partial charge on any atom is 0.184 e. The Morgan fingerprint density at radius 3 is 2.48 bits per heavy atom. The minimum absolute atomic E-state index is 0.0180. The van der Waals surface area contributed by atoms with Gasteiger partial charge in [0.05, 0.1) is 19.3 Å². The first-order chi connectivity index (χ1) is 10.9. The predicted molar refractivity (Wildman–Crippen MR) is 89.2 cm³/mol. The Labute approximate surface area is 138 Å². The van der Waals surface area contributed by atoms with Crippen molar-refractivity contribution in [1.29, 1.82) is 0 Å². The summed E-state index contributed by atoms with van der Waals surface area (Å²) in [6.45, 7) is 11.4. The van der Waals surface area contributed by atoms with Gasteiger partial charge in [0, 0.05) is 11.0 Å². The first-order valence-corrected chi connectivity index (χ1v) is 8.52. The second-order valence-corrected chi connectivity index (χ2v) is 8.03. The third kappa shape index (κ3) is 1.96. The highest BCUT2D eigenvalue weighted by molar-refractivity contribution is 5.32. The van der Waals surface area contributed by atoms with Gasteiger partial charge in [-0.15, -0.1) is 0 Å². The van der Waals surface area contributed by atoms with Crippen LogP contribution in [0.15, 0.2) is 36.4 Å². The third-order valence-corrected chi connectivity index (χ3v) is 6.63. The first-order valence-electron chi connectivity index (χ1n) is 8.52. The van der Waals surface area contributed by atoms with Crippen molar-refractivity contribution in [1.82, 2.24) is 0 Å². The van der Waals surface area contributed by atoms with Gasteiger partial charge in [-0.1, -0.05) is 45.1 Å². The maximum atomic E-state index is 6.40. The lowest BCUT2D eigenvalue weighted by Gasteiger charge is -2.60. The van der Waals surface area contributed by atoms with E-state index in [9.17, 15) is 0 Å². The molecule has 124 valence electrons. The van der Waals surface area contributed by atoms with Crippen LogP contribution in [-0.2, 0) is 9.47 Å². The molecule has 3 saturated carbocycles. The van der Waals surface area contributed by atoms with Gasteiger partial charge in [0.1, 0.15) is 5.75 Å². The molecule has 0 aromatic heterocycles. The molecular formula is C20H26O3. The molecule has 0 radical (unpaired) electrons. The number of hydrogen-bond donors (Lipinski definition) is 0. The van der Waals surface area contributed by atoms with Crippen molar-refractivity contribution in [3.05, 3.63) is 42.0 Å². The molecule has 23 heavy (non-hydrogen) atoms. The minimum atomic E-state index is -0.280. The molecule has 5 atom stereocenters. The molecule has 5 rings (SSSR count). The highest BCUT2D eigenvalue weighted by Crippen LogP contribution is 2.65. The van der Waals surface area contributed by atoms with Crippen LogP contribution >= 0.6 is 0 Å². The summed E-state index contributed by atoms with van der Waals surface area (Å²) in [5.74, 6) is 1.34. The summed E-state index contributed by atoms with van der Waals surface area (Å²) in [6.07, 6.45) is 2.36. The smallest absolute Gasteiger partial charge is 0.184 e. The number of fused-ring (bicyclic) bond motifs is 2. The Bertz CT molecular complexity index is 633. The zero-order valence-corrected chi connectivity index (χ0v) is 14.5. The molecule has 1 heterocycles. The van der Waals surface area contributed by atoms with E-state index in [2.05, 4.69) is 27.4 Å². The molecule has 3 heteroatoms. The van der Waals surface area contributed by atoms with Crippen LogP contribution in [0.2, 0.25) is 0 Å². The normalized spacial score (nSPS) is 41.0. The van der Waals surface area contributed by atoms with E-state index in [1.54, 1.807) is 7.11 Å². The average molecular weight is 314 g/mol. The number of ether oxygens (including phenoxy) is 3. The van der Waals surface area contributed by atoms with Crippen molar-refractivity contribution in [2.75, 3.05) is 7.11 Å². The van der Waals surface area contributed by atoms with Crippen LogP contribution < -0.4 is 4.74 Å². The largest absolute Gasteiger partial charge is 0.497 e. The molecule has 1 aromatic carbocycles. The zero-order valence-electron chi connectivity index (χ0n) is 14.5. The van der Waals surface area contributed by atoms with Crippen LogP contribution in [0, 0.1) is 16.7 Å². The van der Waals surface area contributed by atoms with Crippen LogP contribution in [-0.4, -0.2) is 19.3 Å². The van der Waals surface area contributed by atoms with Crippen LogP contribution in [0.25, 0.3) is 0 Å². The average Bonchev–Trinajstić information content (AvgIpc) is 2.99. The molecular weight excluding hydrogens is 288 g/mol. The SMILES string of the molecule is C=C1C(C)(C)[C@@H]2CC[C@@]1(C)[C@H]1O[C@@H](c3ccc(OC)cc3)O[C@@H]21. The molecule has 0 amide bonds. The molecule has 1 aliphatic heterocycles. The summed E-state index contributed by atoms with van der Waals surface area (Å²) in [5, 5.41) is 0. The molecule has 0 spiro atoms. The molecule has 4 aliphatic rings. The van der Waals surface area contributed by atoms with Gasteiger partial charge in [-0.05, 0) is 36.3 Å². The number of methoxy groups -OCH3 is 1. The lowest BCUT2D eigenvalue weighted by atomic mass is 9.47. The van der Waals surface area contributed by atoms with Crippen molar-refractivity contribution in [2.24, 2.45) is 16.7 Å². The molecule has 3 nitrogen and oxygen atoms in total. The monoisotopic (exact) mass is 314 g/mol. The van der Waals surface area contributed by atoms with Crippen LogP contribution in [0.3, 0.4) is 0 Å². The quantitative estimate of drug-likeness (QED) is 0.753. The standard InChI is InChI=1S/C20H26O3/c1-12-19(2,3)15-10-11-20(12,4)17-16(15)22-18(23-17)13-6-8-14(21-5)9-7-13/h6-9,15-18H,1,10-11H2,2-5H3/t15-,16+,17+,18+,20-/m1/s1. The molecule has 0 unspecified atom stereocenters. The highest BCUT2D eigenvalue weighted by atomic mass is 16.7. The van der Waals surface area contributed by atoms with Crippen molar-refractivity contribution >= 4 is 0 Å². The first kappa shape index (κ1) is 15.2. The molecule has 0 N–H and O–H groups in total. The molecule has 1 aromatic rings. The van der Waals surface area contributed by atoms with E-state index < -0.39 is 0 Å². The number of hydrogen-bond acceptors (Lipinski definition) is 3. The molecule has 3 aliphatic carbocycles. The van der Waals surface area contributed by atoms with Gasteiger partial charge in [0.2, 0.25) is 0 Å². The van der Waals surface area contributed by atoms with Crippen molar-refractivity contribution in [3.8, 4) is 5.75 Å². The van der Waals surface area contributed by atoms with E-state index in [0.717, 1.165) is 17.7 Å². The van der Waals surface area contributed by atoms with E-state index >= 15 is 0 Å². The lowest BCUT2D eigenvalue weighted by molar-refractivity contribution is -0.0992. The summed E-state index contributed by atoms with van der Waals surface area (Å²) < 4.78 is 18.0. The Hall–Kier alpha value is -1.32. The Morgan fingerprint density at radius 2 is 1.83 bits per heavy atom. The van der Waals surface area contributed by atoms with Gasteiger partial charge in [-0.2, -0.15) is 0 Å². The summed E-state index contributed by atoms with van der Waals surface area (Å²) >= 11 is 0. The Balaban J connectivity index is 1.65. The van der Waals surface area contributed by atoms with Gasteiger partial charge < -0.3 is 14.2 Å². The maximum absolute atomic E-state index is 6.40. The topological polar surface area (TPSA) is 27.7 Å². The van der Waals surface area contributed by atoms with Crippen molar-refractivity contribution in [3.63, 3.8) is 0 Å². The van der Waals surface area contributed by atoms with Crippen LogP contribution in [0.1, 0.15) is 45.5 Å². The fourth-order valence-electron chi connectivity index (χ4n) is 5.01. The molecule has 4 fully saturated rings. The Morgan fingerprint density at radius 1 is 1.13 bits per heavy atom. The minimum Gasteiger partial charge on any atom is -0.497 e. The second-order valence-electron chi connectivity index (χ2n) is 8.03. The van der Waals surface area contributed by atoms with Crippen molar-refractivity contribution < 1.29 is 14.2 Å². The van der Waals surface area contributed by atoms with Crippen LogP contribution in [0.5, 0.6) is 5.75 Å². The fourth-order valence-corrected chi connectivity index (χ4v) is 5.01. The van der Waals surface area contributed by atoms with E-state index in [0.29, 0.717) is 5.92 Å². The van der Waals surface area contributed by atoms with E-state index in [1.165, 1.54) is 12.0 Å². The summed E-state index contributed by atoms with van der Waals surface area (Å²) in [6, 6.07) is 7.99. The van der Waals surface area contributed by atoms with Gasteiger partial charge in [0.15, 0.2) is 6.29 Å². The predicted octanol–water partition coefficient (Wildman–Crippen LogP) is 4.49. The van der Waals surface area contributed by atoms with Crippen molar-refractivity contribution in [2.45, 2.75) is 52.1 Å². The zero-order chi connectivity index (χ0) is 16.4. The highest BCUT2D eigenvalue weighted by Gasteiger charge is 2.64. The summed E-state index contributed by atoms with van der Waals surface area (Å²) in [7, 11) is 1.68. The fraction of sp³-hybridized carbons (Fsp3) is 0.600. The van der Waals surface area contributed by atoms with E-state index in [4.69, 9.17) is 14.2 Å². The molecule has 2 bridgehead atoms. The second kappa shape index (κ2) is 4.84. The van der Waals surface area contributed by atoms with E-state index in [-0.39, 0.29) is 29.3 Å². The van der Waals surface area contributed by atoms with E-state index in [1.807, 2.05) is 24.3 Å². The third-order valence-electron chi connectivity index (χ3n) is 6.63. The van der Waals surface area contributed by atoms with Gasteiger partial charge >= 0.3 is 0 Å². The lowest BCUT2D eigenvalue weighted by Crippen LogP contribution is -2.60. The van der Waals surface area contributed by atoms with Gasteiger partial charge in [-0.3, -0.25) is 0 Å². The molecule has 1 saturated heterocycles. The summed E-state index contributed by atoms with van der Waals surface area (Å²) in [5.41, 5.74) is 2.53. The van der Waals surface area contributed by atoms with Gasteiger partial charge in [0.25, 0.3) is 0 Å². The Kier molecular flexibility index (Phi) is 3.20. The summed E-state index contributed by atoms with van der Waals surface area (Å²) in [4.78, 5) is 0. The number of rotatable bonds is 2. The van der Waals surface area contributed by atoms with Gasteiger partial charge in [-0.25, -0.2) is 0 Å². The number of benzene rings is 1. The van der Waals surface area contributed by atoms with Crippen LogP contribution in [0.4, 0.5) is 0 Å².